The fraction of sp³-hybridized carbons (Fsp3) is 0.500. The van der Waals surface area contributed by atoms with E-state index in [1.807, 2.05) is 6.92 Å². The van der Waals surface area contributed by atoms with Gasteiger partial charge >= 0.3 is 0 Å². The molecule has 5 nitrogen and oxygen atoms in total. The van der Waals surface area contributed by atoms with Crippen LogP contribution in [0.5, 0.6) is 0 Å². The molecule has 0 bridgehead atoms. The molecule has 1 unspecified atom stereocenters. The number of piperazine rings is 1. The lowest BCUT2D eigenvalue weighted by Gasteiger charge is -2.33. The van der Waals surface area contributed by atoms with Crippen molar-refractivity contribution < 1.29 is 0 Å². The zero-order valence-corrected chi connectivity index (χ0v) is 11.5. The van der Waals surface area contributed by atoms with Gasteiger partial charge in [0.1, 0.15) is 5.82 Å². The summed E-state index contributed by atoms with van der Waals surface area (Å²) in [5.41, 5.74) is 3.27. The maximum absolute atomic E-state index is 4.41. The van der Waals surface area contributed by atoms with Crippen LogP contribution in [0.25, 0.3) is 11.0 Å². The molecule has 3 rings (SSSR count). The Morgan fingerprint density at radius 3 is 3.21 bits per heavy atom. The van der Waals surface area contributed by atoms with E-state index in [4.69, 9.17) is 0 Å². The topological polar surface area (TPSA) is 56.0 Å². The van der Waals surface area contributed by atoms with E-state index in [9.17, 15) is 0 Å². The lowest BCUT2D eigenvalue weighted by molar-refractivity contribution is 0.209. The van der Waals surface area contributed by atoms with Crippen molar-refractivity contribution in [2.45, 2.75) is 13.0 Å². The van der Waals surface area contributed by atoms with E-state index in [0.717, 1.165) is 48.7 Å². The van der Waals surface area contributed by atoms with Crippen LogP contribution >= 0.6 is 0 Å². The van der Waals surface area contributed by atoms with Gasteiger partial charge in [0.25, 0.3) is 0 Å². The summed E-state index contributed by atoms with van der Waals surface area (Å²) >= 11 is 0. The third-order valence-corrected chi connectivity index (χ3v) is 3.79. The fourth-order valence-electron chi connectivity index (χ4n) is 2.57. The van der Waals surface area contributed by atoms with Crippen molar-refractivity contribution >= 4 is 16.7 Å². The number of imidazole rings is 1. The van der Waals surface area contributed by atoms with Crippen LogP contribution in [0.2, 0.25) is 0 Å². The van der Waals surface area contributed by atoms with Crippen molar-refractivity contribution in [2.24, 2.45) is 0 Å². The minimum absolute atomic E-state index is 0.549. The number of H-pyrrole nitrogens is 1. The van der Waals surface area contributed by atoms with Crippen LogP contribution in [0.15, 0.2) is 18.2 Å². The van der Waals surface area contributed by atoms with E-state index in [1.54, 1.807) is 0 Å². The predicted octanol–water partition coefficient (Wildman–Crippen LogP) is 1.19. The van der Waals surface area contributed by atoms with Crippen LogP contribution in [0.4, 0.5) is 5.69 Å². The molecule has 1 aliphatic heterocycles. The highest BCUT2D eigenvalue weighted by Gasteiger charge is 2.17. The summed E-state index contributed by atoms with van der Waals surface area (Å²) in [6.07, 6.45) is 0. The predicted molar refractivity (Wildman–Crippen MR) is 78.6 cm³/mol. The quantitative estimate of drug-likeness (QED) is 0.775. The Hall–Kier alpha value is -1.59. The zero-order chi connectivity index (χ0) is 13.2. The third kappa shape index (κ3) is 2.72. The monoisotopic (exact) mass is 259 g/mol. The van der Waals surface area contributed by atoms with Crippen LogP contribution in [0.1, 0.15) is 5.82 Å². The maximum Gasteiger partial charge on any atom is 0.104 e. The van der Waals surface area contributed by atoms with Gasteiger partial charge in [-0.3, -0.25) is 4.90 Å². The largest absolute Gasteiger partial charge is 0.383 e. The lowest BCUT2D eigenvalue weighted by Crippen LogP contribution is -2.52. The number of aromatic nitrogens is 2. The first-order valence-corrected chi connectivity index (χ1v) is 6.83. The first-order valence-electron chi connectivity index (χ1n) is 6.83. The summed E-state index contributed by atoms with van der Waals surface area (Å²) in [4.78, 5) is 10.1. The molecule has 1 fully saturated rings. The van der Waals surface area contributed by atoms with Crippen LogP contribution in [0, 0.1) is 6.92 Å². The van der Waals surface area contributed by atoms with Crippen LogP contribution in [-0.4, -0.2) is 54.1 Å². The van der Waals surface area contributed by atoms with Crippen LogP contribution < -0.4 is 10.6 Å². The molecule has 1 saturated heterocycles. The Kier molecular flexibility index (Phi) is 3.40. The number of anilines is 1. The molecule has 0 saturated carbocycles. The Bertz CT molecular complexity index is 562. The van der Waals surface area contributed by atoms with Crippen LogP contribution in [0.3, 0.4) is 0 Å². The summed E-state index contributed by atoms with van der Waals surface area (Å²) in [7, 11) is 2.19. The Balaban J connectivity index is 1.67. The molecule has 5 heteroatoms. The average Bonchev–Trinajstić information content (AvgIpc) is 2.77. The van der Waals surface area contributed by atoms with Crippen molar-refractivity contribution in [3.05, 3.63) is 24.0 Å². The van der Waals surface area contributed by atoms with Crippen molar-refractivity contribution in [2.75, 3.05) is 38.5 Å². The summed E-state index contributed by atoms with van der Waals surface area (Å²) in [6.45, 7) is 6.20. The number of hydrogen-bond acceptors (Lipinski definition) is 4. The molecular formula is C14H21N5. The average molecular weight is 259 g/mol. The van der Waals surface area contributed by atoms with E-state index < -0.39 is 0 Å². The molecule has 102 valence electrons. The SMILES string of the molecule is Cc1nc2ccc(NCC3CNCCN3C)cc2[nH]1. The second kappa shape index (κ2) is 5.19. The number of hydrogen-bond donors (Lipinski definition) is 3. The van der Waals surface area contributed by atoms with E-state index in [0.29, 0.717) is 6.04 Å². The number of rotatable bonds is 3. The summed E-state index contributed by atoms with van der Waals surface area (Å²) < 4.78 is 0. The smallest absolute Gasteiger partial charge is 0.104 e. The van der Waals surface area contributed by atoms with E-state index in [-0.39, 0.29) is 0 Å². The first-order chi connectivity index (χ1) is 9.22. The van der Waals surface area contributed by atoms with Gasteiger partial charge in [0.05, 0.1) is 11.0 Å². The molecule has 1 aliphatic rings. The van der Waals surface area contributed by atoms with Gasteiger partial charge in [0, 0.05) is 37.9 Å². The zero-order valence-electron chi connectivity index (χ0n) is 11.5. The van der Waals surface area contributed by atoms with Gasteiger partial charge in [0.15, 0.2) is 0 Å². The highest BCUT2D eigenvalue weighted by molar-refractivity contribution is 5.79. The van der Waals surface area contributed by atoms with Gasteiger partial charge in [-0.2, -0.15) is 0 Å². The summed E-state index contributed by atoms with van der Waals surface area (Å²) in [5, 5.41) is 6.95. The van der Waals surface area contributed by atoms with Gasteiger partial charge in [-0.15, -0.1) is 0 Å². The van der Waals surface area contributed by atoms with E-state index >= 15 is 0 Å². The molecule has 0 radical (unpaired) electrons. The summed E-state index contributed by atoms with van der Waals surface area (Å²) in [6, 6.07) is 6.84. The van der Waals surface area contributed by atoms with Crippen LogP contribution in [-0.2, 0) is 0 Å². The molecule has 2 heterocycles. The fourth-order valence-corrected chi connectivity index (χ4v) is 2.57. The molecule has 1 aromatic carbocycles. The number of nitrogens with one attached hydrogen (secondary N) is 3. The highest BCUT2D eigenvalue weighted by atomic mass is 15.2. The van der Waals surface area contributed by atoms with Crippen molar-refractivity contribution in [3.8, 4) is 0 Å². The van der Waals surface area contributed by atoms with Gasteiger partial charge < -0.3 is 15.6 Å². The van der Waals surface area contributed by atoms with Gasteiger partial charge in [-0.05, 0) is 32.2 Å². The van der Waals surface area contributed by atoms with Crippen molar-refractivity contribution in [1.82, 2.24) is 20.2 Å². The van der Waals surface area contributed by atoms with E-state index in [1.165, 1.54) is 0 Å². The number of aromatic amines is 1. The van der Waals surface area contributed by atoms with E-state index in [2.05, 4.69) is 50.7 Å². The number of benzene rings is 1. The molecule has 19 heavy (non-hydrogen) atoms. The molecule has 0 spiro atoms. The molecule has 0 amide bonds. The molecule has 3 N–H and O–H groups in total. The molecule has 0 aliphatic carbocycles. The lowest BCUT2D eigenvalue weighted by atomic mass is 10.2. The minimum atomic E-state index is 0.549. The van der Waals surface area contributed by atoms with Gasteiger partial charge in [-0.25, -0.2) is 4.98 Å². The standard InChI is InChI=1S/C14H21N5/c1-10-17-13-4-3-11(7-14(13)18-10)16-9-12-8-15-5-6-19(12)2/h3-4,7,12,15-16H,5-6,8-9H2,1-2H3,(H,17,18). The maximum atomic E-state index is 4.41. The van der Waals surface area contributed by atoms with Gasteiger partial charge in [0.2, 0.25) is 0 Å². The molecular weight excluding hydrogens is 238 g/mol. The number of nitrogens with zero attached hydrogens (tertiary/aromatic N) is 2. The van der Waals surface area contributed by atoms with Crippen molar-refractivity contribution in [3.63, 3.8) is 0 Å². The number of aryl methyl sites for hydroxylation is 1. The number of likely N-dealkylation sites (N-methyl/N-ethyl adjacent to an activating group) is 1. The second-order valence-corrected chi connectivity index (χ2v) is 5.27. The minimum Gasteiger partial charge on any atom is -0.383 e. The summed E-state index contributed by atoms with van der Waals surface area (Å²) in [5.74, 6) is 0.961. The Labute approximate surface area is 113 Å². The Morgan fingerprint density at radius 1 is 1.47 bits per heavy atom. The van der Waals surface area contributed by atoms with Crippen molar-refractivity contribution in [1.29, 1.82) is 0 Å². The normalized spacial score (nSPS) is 20.8. The van der Waals surface area contributed by atoms with Gasteiger partial charge in [-0.1, -0.05) is 0 Å². The number of fused-ring (bicyclic) bond motifs is 1. The molecule has 1 atom stereocenters. The third-order valence-electron chi connectivity index (χ3n) is 3.79. The second-order valence-electron chi connectivity index (χ2n) is 5.27. The highest BCUT2D eigenvalue weighted by Crippen LogP contribution is 2.17. The first kappa shape index (κ1) is 12.4. The molecule has 2 aromatic rings. The molecule has 1 aromatic heterocycles. The Morgan fingerprint density at radius 2 is 2.37 bits per heavy atom.